The molecule has 2 rings (SSSR count). The first kappa shape index (κ1) is 8.05. The van der Waals surface area contributed by atoms with Gasteiger partial charge in [0.2, 0.25) is 0 Å². The fourth-order valence-electron chi connectivity index (χ4n) is 2.42. The van der Waals surface area contributed by atoms with E-state index >= 15 is 0 Å². The molecule has 0 bridgehead atoms. The van der Waals surface area contributed by atoms with Crippen LogP contribution in [0.3, 0.4) is 0 Å². The van der Waals surface area contributed by atoms with E-state index in [0.29, 0.717) is 17.8 Å². The molecule has 2 aliphatic rings. The predicted molar refractivity (Wildman–Crippen MR) is 44.9 cm³/mol. The van der Waals surface area contributed by atoms with Gasteiger partial charge in [-0.3, -0.25) is 4.79 Å². The van der Waals surface area contributed by atoms with E-state index in [2.05, 4.69) is 5.32 Å². The van der Waals surface area contributed by atoms with E-state index in [1.165, 1.54) is 12.8 Å². The quantitative estimate of drug-likeness (QED) is 0.658. The van der Waals surface area contributed by atoms with Gasteiger partial charge < -0.3 is 10.4 Å². The molecule has 0 aromatic rings. The zero-order valence-corrected chi connectivity index (χ0v) is 7.18. The Labute approximate surface area is 72.2 Å². The van der Waals surface area contributed by atoms with Crippen LogP contribution < -0.4 is 5.32 Å². The molecule has 2 fully saturated rings. The summed E-state index contributed by atoms with van der Waals surface area (Å²) < 4.78 is 0. The largest absolute Gasteiger partial charge is 0.481 e. The highest BCUT2D eigenvalue weighted by molar-refractivity contribution is 5.66. The van der Waals surface area contributed by atoms with Crippen molar-refractivity contribution in [3.63, 3.8) is 0 Å². The lowest BCUT2D eigenvalue weighted by atomic mass is 10.0. The summed E-state index contributed by atoms with van der Waals surface area (Å²) in [5, 5.41) is 11.9. The van der Waals surface area contributed by atoms with Crippen molar-refractivity contribution in [2.24, 2.45) is 11.3 Å². The van der Waals surface area contributed by atoms with Crippen LogP contribution >= 0.6 is 0 Å². The average Bonchev–Trinajstić information content (AvgIpc) is 2.42. The number of rotatable bonds is 3. The Kier molecular flexibility index (Phi) is 1.83. The third kappa shape index (κ3) is 1.33. The van der Waals surface area contributed by atoms with Gasteiger partial charge in [0.25, 0.3) is 0 Å². The van der Waals surface area contributed by atoms with Crippen molar-refractivity contribution in [1.82, 2.24) is 5.32 Å². The standard InChI is InChI=1S/C9H15NO2/c11-8(12)2-1-7-5-9(7)3-4-10-6-9/h7,10H,1-6H2,(H,11,12). The third-order valence-electron chi connectivity index (χ3n) is 3.34. The summed E-state index contributed by atoms with van der Waals surface area (Å²) in [5.74, 6) is 0.0478. The monoisotopic (exact) mass is 169 g/mol. The summed E-state index contributed by atoms with van der Waals surface area (Å²) in [5.41, 5.74) is 0.523. The lowest BCUT2D eigenvalue weighted by Gasteiger charge is -2.04. The number of carboxylic acids is 1. The molecule has 68 valence electrons. The van der Waals surface area contributed by atoms with Gasteiger partial charge in [-0.15, -0.1) is 0 Å². The first-order valence-electron chi connectivity index (χ1n) is 4.65. The van der Waals surface area contributed by atoms with E-state index in [-0.39, 0.29) is 0 Å². The van der Waals surface area contributed by atoms with E-state index in [0.717, 1.165) is 19.5 Å². The number of hydrogen-bond donors (Lipinski definition) is 2. The fourth-order valence-corrected chi connectivity index (χ4v) is 2.42. The van der Waals surface area contributed by atoms with Crippen molar-refractivity contribution in [1.29, 1.82) is 0 Å². The van der Waals surface area contributed by atoms with E-state index < -0.39 is 5.97 Å². The van der Waals surface area contributed by atoms with Gasteiger partial charge in [-0.05, 0) is 37.1 Å². The molecule has 3 heteroatoms. The first-order valence-corrected chi connectivity index (χ1v) is 4.65. The second-order valence-electron chi connectivity index (χ2n) is 4.12. The Balaban J connectivity index is 1.76. The van der Waals surface area contributed by atoms with Gasteiger partial charge in [0, 0.05) is 13.0 Å². The van der Waals surface area contributed by atoms with E-state index in [9.17, 15) is 4.79 Å². The number of carbonyl (C=O) groups is 1. The molecule has 1 saturated carbocycles. The molecule has 12 heavy (non-hydrogen) atoms. The number of hydrogen-bond acceptors (Lipinski definition) is 2. The lowest BCUT2D eigenvalue weighted by molar-refractivity contribution is -0.137. The van der Waals surface area contributed by atoms with Crippen LogP contribution in [0.4, 0.5) is 0 Å². The lowest BCUT2D eigenvalue weighted by Crippen LogP contribution is -2.11. The molecular formula is C9H15NO2. The normalized spacial score (nSPS) is 38.8. The third-order valence-corrected chi connectivity index (χ3v) is 3.34. The van der Waals surface area contributed by atoms with Crippen molar-refractivity contribution in [3.8, 4) is 0 Å². The highest BCUT2D eigenvalue weighted by Crippen LogP contribution is 2.58. The van der Waals surface area contributed by atoms with Crippen LogP contribution in [-0.2, 0) is 4.79 Å². The highest BCUT2D eigenvalue weighted by atomic mass is 16.4. The van der Waals surface area contributed by atoms with Crippen LogP contribution in [0, 0.1) is 11.3 Å². The molecule has 0 aromatic heterocycles. The molecule has 2 unspecified atom stereocenters. The summed E-state index contributed by atoms with van der Waals surface area (Å²) in [4.78, 5) is 10.3. The maximum Gasteiger partial charge on any atom is 0.303 e. The molecule has 2 N–H and O–H groups in total. The van der Waals surface area contributed by atoms with Gasteiger partial charge in [-0.1, -0.05) is 0 Å². The molecule has 1 spiro atoms. The Morgan fingerprint density at radius 2 is 2.50 bits per heavy atom. The molecule has 1 saturated heterocycles. The topological polar surface area (TPSA) is 49.3 Å². The van der Waals surface area contributed by atoms with Crippen LogP contribution in [0.2, 0.25) is 0 Å². The molecule has 0 radical (unpaired) electrons. The Morgan fingerprint density at radius 3 is 3.08 bits per heavy atom. The van der Waals surface area contributed by atoms with Crippen molar-refractivity contribution in [2.45, 2.75) is 25.7 Å². The summed E-state index contributed by atoms with van der Waals surface area (Å²) in [6.45, 7) is 2.25. The number of carboxylic acid groups (broad SMARTS) is 1. The second kappa shape index (κ2) is 2.73. The Morgan fingerprint density at radius 1 is 1.67 bits per heavy atom. The van der Waals surface area contributed by atoms with Crippen LogP contribution in [0.1, 0.15) is 25.7 Å². The molecule has 3 nitrogen and oxygen atoms in total. The minimum Gasteiger partial charge on any atom is -0.481 e. The molecular weight excluding hydrogens is 154 g/mol. The summed E-state index contributed by atoms with van der Waals surface area (Å²) >= 11 is 0. The maximum absolute atomic E-state index is 10.3. The van der Waals surface area contributed by atoms with E-state index in [4.69, 9.17) is 5.11 Å². The van der Waals surface area contributed by atoms with Gasteiger partial charge in [0.05, 0.1) is 0 Å². The van der Waals surface area contributed by atoms with Gasteiger partial charge >= 0.3 is 5.97 Å². The van der Waals surface area contributed by atoms with Crippen molar-refractivity contribution < 1.29 is 9.90 Å². The van der Waals surface area contributed by atoms with Gasteiger partial charge in [0.1, 0.15) is 0 Å². The molecule has 0 amide bonds. The zero-order valence-electron chi connectivity index (χ0n) is 7.18. The van der Waals surface area contributed by atoms with Gasteiger partial charge in [0.15, 0.2) is 0 Å². The molecule has 1 heterocycles. The maximum atomic E-state index is 10.3. The van der Waals surface area contributed by atoms with Crippen LogP contribution in [0.15, 0.2) is 0 Å². The summed E-state index contributed by atoms with van der Waals surface area (Å²) in [7, 11) is 0. The van der Waals surface area contributed by atoms with Crippen molar-refractivity contribution >= 4 is 5.97 Å². The fraction of sp³-hybridized carbons (Fsp3) is 0.889. The van der Waals surface area contributed by atoms with E-state index in [1.807, 2.05) is 0 Å². The highest BCUT2D eigenvalue weighted by Gasteiger charge is 2.54. The van der Waals surface area contributed by atoms with Crippen molar-refractivity contribution in [2.75, 3.05) is 13.1 Å². The molecule has 2 atom stereocenters. The average molecular weight is 169 g/mol. The minimum absolute atomic E-state index is 0.354. The van der Waals surface area contributed by atoms with Crippen LogP contribution in [0.25, 0.3) is 0 Å². The second-order valence-corrected chi connectivity index (χ2v) is 4.12. The Hall–Kier alpha value is -0.570. The van der Waals surface area contributed by atoms with Gasteiger partial charge in [-0.2, -0.15) is 0 Å². The SMILES string of the molecule is O=C(O)CCC1CC12CCNC2. The first-order chi connectivity index (χ1) is 5.73. The summed E-state index contributed by atoms with van der Waals surface area (Å²) in [6, 6.07) is 0. The molecule has 1 aliphatic carbocycles. The summed E-state index contributed by atoms with van der Waals surface area (Å²) in [6.07, 6.45) is 3.76. The molecule has 1 aliphatic heterocycles. The molecule has 0 aromatic carbocycles. The zero-order chi connectivity index (χ0) is 8.60. The predicted octanol–water partition coefficient (Wildman–Crippen LogP) is 0.851. The number of aliphatic carboxylic acids is 1. The van der Waals surface area contributed by atoms with Gasteiger partial charge in [-0.25, -0.2) is 0 Å². The minimum atomic E-state index is -0.650. The van der Waals surface area contributed by atoms with E-state index in [1.54, 1.807) is 0 Å². The Bertz CT molecular complexity index is 197. The van der Waals surface area contributed by atoms with Crippen LogP contribution in [0.5, 0.6) is 0 Å². The number of nitrogens with one attached hydrogen (secondary N) is 1. The smallest absolute Gasteiger partial charge is 0.303 e. The van der Waals surface area contributed by atoms with Crippen LogP contribution in [-0.4, -0.2) is 24.2 Å². The van der Waals surface area contributed by atoms with Crippen molar-refractivity contribution in [3.05, 3.63) is 0 Å².